The summed E-state index contributed by atoms with van der Waals surface area (Å²) in [5.41, 5.74) is 13.2. The van der Waals surface area contributed by atoms with Crippen molar-refractivity contribution >= 4 is 43.9 Å². The molecule has 0 aliphatic rings. The number of fused-ring (bicyclic) bond motifs is 6. The van der Waals surface area contributed by atoms with E-state index in [9.17, 15) is 0 Å². The van der Waals surface area contributed by atoms with E-state index in [4.69, 9.17) is 8.83 Å². The maximum Gasteiger partial charge on any atom is 0.135 e. The monoisotopic (exact) mass is 562 g/mol. The van der Waals surface area contributed by atoms with Gasteiger partial charge >= 0.3 is 0 Å². The summed E-state index contributed by atoms with van der Waals surface area (Å²) in [6.45, 7) is 0. The highest BCUT2D eigenvalue weighted by molar-refractivity contribution is 6.07. The molecule has 0 saturated carbocycles. The molecule has 7 aromatic carbocycles. The molecule has 0 radical (unpaired) electrons. The maximum atomic E-state index is 6.06. The Morgan fingerprint density at radius 2 is 0.545 bits per heavy atom. The molecular formula is C42H26O2. The molecule has 44 heavy (non-hydrogen) atoms. The number of para-hydroxylation sites is 2. The molecule has 206 valence electrons. The third-order valence-corrected chi connectivity index (χ3v) is 8.67. The molecular weight excluding hydrogens is 536 g/mol. The van der Waals surface area contributed by atoms with Gasteiger partial charge < -0.3 is 8.83 Å². The van der Waals surface area contributed by atoms with Gasteiger partial charge in [-0.3, -0.25) is 0 Å². The zero-order valence-electron chi connectivity index (χ0n) is 23.8. The average molecular weight is 563 g/mol. The predicted molar refractivity (Wildman–Crippen MR) is 183 cm³/mol. The molecule has 0 amide bonds. The summed E-state index contributed by atoms with van der Waals surface area (Å²) in [6, 6.07) is 55.8. The smallest absolute Gasteiger partial charge is 0.135 e. The fourth-order valence-corrected chi connectivity index (χ4v) is 6.45. The highest BCUT2D eigenvalue weighted by Gasteiger charge is 2.11. The Kier molecular flexibility index (Phi) is 5.54. The zero-order valence-corrected chi connectivity index (χ0v) is 23.8. The summed E-state index contributed by atoms with van der Waals surface area (Å²) < 4.78 is 12.1. The second-order valence-electron chi connectivity index (χ2n) is 11.4. The molecule has 0 fully saturated rings. The quantitative estimate of drug-likeness (QED) is 0.213. The topological polar surface area (TPSA) is 26.3 Å². The Morgan fingerprint density at radius 1 is 0.227 bits per heavy atom. The fourth-order valence-electron chi connectivity index (χ4n) is 6.45. The van der Waals surface area contributed by atoms with Crippen molar-refractivity contribution < 1.29 is 8.83 Å². The second-order valence-corrected chi connectivity index (χ2v) is 11.4. The van der Waals surface area contributed by atoms with Gasteiger partial charge in [-0.05, 0) is 99.1 Å². The van der Waals surface area contributed by atoms with E-state index < -0.39 is 0 Å². The number of furan rings is 2. The molecule has 9 aromatic rings. The summed E-state index contributed by atoms with van der Waals surface area (Å²) in [6.07, 6.45) is 0. The lowest BCUT2D eigenvalue weighted by Gasteiger charge is -2.10. The first-order chi connectivity index (χ1) is 21.8. The van der Waals surface area contributed by atoms with Gasteiger partial charge in [0, 0.05) is 21.5 Å². The molecule has 9 rings (SSSR count). The molecule has 0 bridgehead atoms. The van der Waals surface area contributed by atoms with Crippen LogP contribution in [0.2, 0.25) is 0 Å². The largest absolute Gasteiger partial charge is 0.456 e. The van der Waals surface area contributed by atoms with Crippen LogP contribution in [0.15, 0.2) is 167 Å². The van der Waals surface area contributed by atoms with E-state index in [0.717, 1.165) is 43.9 Å². The summed E-state index contributed by atoms with van der Waals surface area (Å²) in [7, 11) is 0. The van der Waals surface area contributed by atoms with Gasteiger partial charge in [-0.2, -0.15) is 0 Å². The van der Waals surface area contributed by atoms with E-state index in [-0.39, 0.29) is 0 Å². The summed E-state index contributed by atoms with van der Waals surface area (Å²) in [5, 5.41) is 4.58. The van der Waals surface area contributed by atoms with Crippen molar-refractivity contribution in [2.45, 2.75) is 0 Å². The molecule has 0 spiro atoms. The van der Waals surface area contributed by atoms with Gasteiger partial charge in [-0.25, -0.2) is 0 Å². The van der Waals surface area contributed by atoms with Crippen molar-refractivity contribution in [1.29, 1.82) is 0 Å². The van der Waals surface area contributed by atoms with Crippen LogP contribution in [0.4, 0.5) is 0 Å². The van der Waals surface area contributed by atoms with Crippen molar-refractivity contribution in [2.75, 3.05) is 0 Å². The SMILES string of the molecule is c1cc(-c2cccc(-c3ccc4oc5ccccc5c4c3)c2)cc(-c2cccc(-c3ccc4oc5ccccc5c4c3)c2)c1. The minimum atomic E-state index is 0.916. The molecule has 0 saturated heterocycles. The Labute approximate surface area is 254 Å². The fraction of sp³-hybridized carbons (Fsp3) is 0. The number of rotatable bonds is 4. The Hall–Kier alpha value is -5.86. The predicted octanol–water partition coefficient (Wildman–Crippen LogP) is 12.2. The standard InChI is InChI=1S/C42H26O2/c1-3-16-39-35(14-1)37-25-33(18-20-41(37)43-39)31-12-6-10-29(23-31)27-8-5-9-28(22-27)30-11-7-13-32(24-30)34-19-21-42-38(26-34)36-15-2-4-17-40(36)44-42/h1-26H. The highest BCUT2D eigenvalue weighted by Crippen LogP contribution is 2.36. The first-order valence-electron chi connectivity index (χ1n) is 14.9. The normalized spacial score (nSPS) is 11.6. The van der Waals surface area contributed by atoms with Gasteiger partial charge in [0.05, 0.1) is 0 Å². The average Bonchev–Trinajstić information content (AvgIpc) is 3.66. The molecule has 0 N–H and O–H groups in total. The van der Waals surface area contributed by atoms with E-state index >= 15 is 0 Å². The van der Waals surface area contributed by atoms with Crippen molar-refractivity contribution in [3.8, 4) is 44.5 Å². The first kappa shape index (κ1) is 24.7. The van der Waals surface area contributed by atoms with Crippen LogP contribution in [0, 0.1) is 0 Å². The molecule has 0 aliphatic carbocycles. The van der Waals surface area contributed by atoms with Gasteiger partial charge in [0.25, 0.3) is 0 Å². The van der Waals surface area contributed by atoms with Gasteiger partial charge in [0.2, 0.25) is 0 Å². The van der Waals surface area contributed by atoms with E-state index in [2.05, 4.69) is 133 Å². The first-order valence-corrected chi connectivity index (χ1v) is 14.9. The Balaban J connectivity index is 1.07. The minimum absolute atomic E-state index is 0.916. The van der Waals surface area contributed by atoms with Crippen LogP contribution < -0.4 is 0 Å². The summed E-state index contributed by atoms with van der Waals surface area (Å²) in [5.74, 6) is 0. The number of hydrogen-bond donors (Lipinski definition) is 0. The lowest BCUT2D eigenvalue weighted by Crippen LogP contribution is -1.85. The van der Waals surface area contributed by atoms with Crippen molar-refractivity contribution in [3.63, 3.8) is 0 Å². The van der Waals surface area contributed by atoms with Gasteiger partial charge in [0.15, 0.2) is 0 Å². The highest BCUT2D eigenvalue weighted by atomic mass is 16.3. The van der Waals surface area contributed by atoms with Gasteiger partial charge in [-0.15, -0.1) is 0 Å². The molecule has 0 atom stereocenters. The Bertz CT molecular complexity index is 2340. The number of hydrogen-bond acceptors (Lipinski definition) is 2. The van der Waals surface area contributed by atoms with E-state index in [0.29, 0.717) is 0 Å². The van der Waals surface area contributed by atoms with Gasteiger partial charge in [0.1, 0.15) is 22.3 Å². The third kappa shape index (κ3) is 4.11. The Morgan fingerprint density at radius 3 is 0.932 bits per heavy atom. The van der Waals surface area contributed by atoms with Gasteiger partial charge in [-0.1, -0.05) is 103 Å². The van der Waals surface area contributed by atoms with Crippen LogP contribution in [-0.4, -0.2) is 0 Å². The van der Waals surface area contributed by atoms with Crippen LogP contribution in [-0.2, 0) is 0 Å². The molecule has 2 heteroatoms. The van der Waals surface area contributed by atoms with E-state index in [1.807, 2.05) is 24.3 Å². The summed E-state index contributed by atoms with van der Waals surface area (Å²) >= 11 is 0. The van der Waals surface area contributed by atoms with Crippen molar-refractivity contribution in [1.82, 2.24) is 0 Å². The minimum Gasteiger partial charge on any atom is -0.456 e. The lowest BCUT2D eigenvalue weighted by molar-refractivity contribution is 0.668. The molecule has 2 aromatic heterocycles. The second kappa shape index (κ2) is 9.86. The van der Waals surface area contributed by atoms with Crippen molar-refractivity contribution in [2.24, 2.45) is 0 Å². The maximum absolute atomic E-state index is 6.06. The molecule has 2 nitrogen and oxygen atoms in total. The van der Waals surface area contributed by atoms with Crippen molar-refractivity contribution in [3.05, 3.63) is 158 Å². The number of benzene rings is 7. The third-order valence-electron chi connectivity index (χ3n) is 8.67. The van der Waals surface area contributed by atoms with E-state index in [1.165, 1.54) is 44.5 Å². The van der Waals surface area contributed by atoms with E-state index in [1.54, 1.807) is 0 Å². The lowest BCUT2D eigenvalue weighted by atomic mass is 9.94. The molecule has 2 heterocycles. The zero-order chi connectivity index (χ0) is 29.0. The van der Waals surface area contributed by atoms with Crippen LogP contribution in [0.1, 0.15) is 0 Å². The van der Waals surface area contributed by atoms with Crippen LogP contribution >= 0.6 is 0 Å². The van der Waals surface area contributed by atoms with Crippen LogP contribution in [0.5, 0.6) is 0 Å². The summed E-state index contributed by atoms with van der Waals surface area (Å²) in [4.78, 5) is 0. The molecule has 0 unspecified atom stereocenters. The van der Waals surface area contributed by atoms with Crippen LogP contribution in [0.25, 0.3) is 88.4 Å². The van der Waals surface area contributed by atoms with Crippen LogP contribution in [0.3, 0.4) is 0 Å². The molecule has 0 aliphatic heterocycles.